The topological polar surface area (TPSA) is 9.23 Å². The molecule has 2 heteroatoms. The molecule has 1 saturated carbocycles. The highest BCUT2D eigenvalue weighted by molar-refractivity contribution is 5.22. The second-order valence-corrected chi connectivity index (χ2v) is 5.41. The van der Waals surface area contributed by atoms with Crippen molar-refractivity contribution >= 4 is 0 Å². The predicted molar refractivity (Wildman–Crippen MR) is 67.5 cm³/mol. The summed E-state index contributed by atoms with van der Waals surface area (Å²) in [4.78, 5) is 0. The van der Waals surface area contributed by atoms with Crippen LogP contribution in [0.1, 0.15) is 38.2 Å². The van der Waals surface area contributed by atoms with E-state index in [0.29, 0.717) is 23.9 Å². The van der Waals surface area contributed by atoms with Crippen LogP contribution < -0.4 is 0 Å². The first-order chi connectivity index (χ1) is 8.11. The molecule has 0 aliphatic heterocycles. The molecule has 1 nitrogen and oxygen atoms in total. The lowest BCUT2D eigenvalue weighted by Crippen LogP contribution is -2.20. The monoisotopic (exact) mass is 236 g/mol. The smallest absolute Gasteiger partial charge is 0.123 e. The first-order valence-electron chi connectivity index (χ1n) is 6.40. The highest BCUT2D eigenvalue weighted by Crippen LogP contribution is 2.43. The summed E-state index contributed by atoms with van der Waals surface area (Å²) in [6.07, 6.45) is 2.45. The van der Waals surface area contributed by atoms with Crippen molar-refractivity contribution in [3.05, 3.63) is 35.6 Å². The van der Waals surface area contributed by atoms with E-state index in [-0.39, 0.29) is 5.82 Å². The molecule has 17 heavy (non-hydrogen) atoms. The summed E-state index contributed by atoms with van der Waals surface area (Å²) in [6.45, 7) is 4.48. The van der Waals surface area contributed by atoms with Crippen LogP contribution in [0.5, 0.6) is 0 Å². The highest BCUT2D eigenvalue weighted by Gasteiger charge is 2.36. The van der Waals surface area contributed by atoms with Gasteiger partial charge in [0.05, 0.1) is 6.10 Å². The van der Waals surface area contributed by atoms with Crippen molar-refractivity contribution in [2.24, 2.45) is 11.8 Å². The van der Waals surface area contributed by atoms with Crippen molar-refractivity contribution in [2.45, 2.75) is 38.7 Å². The van der Waals surface area contributed by atoms with Gasteiger partial charge in [-0.15, -0.1) is 0 Å². The van der Waals surface area contributed by atoms with E-state index < -0.39 is 0 Å². The number of methoxy groups -OCH3 is 1. The fourth-order valence-corrected chi connectivity index (χ4v) is 3.04. The lowest BCUT2D eigenvalue weighted by molar-refractivity contribution is 0.0538. The van der Waals surface area contributed by atoms with Crippen molar-refractivity contribution in [3.8, 4) is 0 Å². The third-order valence-electron chi connectivity index (χ3n) is 4.03. The quantitative estimate of drug-likeness (QED) is 0.771. The molecule has 1 fully saturated rings. The van der Waals surface area contributed by atoms with Crippen LogP contribution in [0.4, 0.5) is 4.39 Å². The molecule has 0 aromatic heterocycles. The average Bonchev–Trinajstić information content (AvgIpc) is 2.73. The van der Waals surface area contributed by atoms with E-state index in [1.165, 1.54) is 6.07 Å². The fraction of sp³-hybridized carbons (Fsp3) is 0.600. The van der Waals surface area contributed by atoms with Crippen molar-refractivity contribution in [2.75, 3.05) is 7.11 Å². The minimum atomic E-state index is -0.135. The molecule has 0 saturated heterocycles. The molecule has 0 spiro atoms. The number of hydrogen-bond acceptors (Lipinski definition) is 1. The van der Waals surface area contributed by atoms with Crippen LogP contribution in [0.15, 0.2) is 24.3 Å². The Morgan fingerprint density at radius 3 is 2.59 bits per heavy atom. The Hall–Kier alpha value is -0.890. The lowest BCUT2D eigenvalue weighted by Gasteiger charge is -2.21. The molecule has 1 aliphatic rings. The molecule has 2 rings (SSSR count). The van der Waals surface area contributed by atoms with Gasteiger partial charge in [0.15, 0.2) is 0 Å². The third-order valence-corrected chi connectivity index (χ3v) is 4.03. The van der Waals surface area contributed by atoms with E-state index in [4.69, 9.17) is 4.74 Å². The number of hydrogen-bond donors (Lipinski definition) is 0. The van der Waals surface area contributed by atoms with Gasteiger partial charge < -0.3 is 4.74 Å². The van der Waals surface area contributed by atoms with Gasteiger partial charge in [-0.25, -0.2) is 4.39 Å². The largest absolute Gasteiger partial charge is 0.381 e. The van der Waals surface area contributed by atoms with Crippen molar-refractivity contribution in [1.82, 2.24) is 0 Å². The SMILES string of the molecule is CO[C@@H]1C[C@@H](c2cccc(F)c2)C[C@H]1C(C)C. The number of ether oxygens (including phenoxy) is 1. The zero-order valence-corrected chi connectivity index (χ0v) is 10.8. The molecular formula is C15H21FO. The Labute approximate surface area is 103 Å². The van der Waals surface area contributed by atoms with Gasteiger partial charge in [0.25, 0.3) is 0 Å². The Balaban J connectivity index is 2.15. The van der Waals surface area contributed by atoms with Gasteiger partial charge in [0.1, 0.15) is 5.82 Å². The van der Waals surface area contributed by atoms with Crippen molar-refractivity contribution in [1.29, 1.82) is 0 Å². The molecule has 1 aromatic rings. The van der Waals surface area contributed by atoms with Crippen LogP contribution in [0.25, 0.3) is 0 Å². The summed E-state index contributed by atoms with van der Waals surface area (Å²) in [5.41, 5.74) is 1.12. The van der Waals surface area contributed by atoms with E-state index in [1.807, 2.05) is 6.07 Å². The van der Waals surface area contributed by atoms with Gasteiger partial charge in [-0.05, 0) is 48.3 Å². The van der Waals surface area contributed by atoms with Crippen molar-refractivity contribution in [3.63, 3.8) is 0 Å². The van der Waals surface area contributed by atoms with E-state index in [0.717, 1.165) is 18.4 Å². The summed E-state index contributed by atoms with van der Waals surface area (Å²) in [6, 6.07) is 7.00. The molecule has 0 unspecified atom stereocenters. The first kappa shape index (κ1) is 12.6. The van der Waals surface area contributed by atoms with Gasteiger partial charge in [0, 0.05) is 7.11 Å². The Bertz CT molecular complexity index is 375. The molecule has 94 valence electrons. The van der Waals surface area contributed by atoms with Gasteiger partial charge in [0.2, 0.25) is 0 Å². The molecule has 0 bridgehead atoms. The van der Waals surface area contributed by atoms with E-state index in [9.17, 15) is 4.39 Å². The first-order valence-corrected chi connectivity index (χ1v) is 6.40. The molecule has 3 atom stereocenters. The predicted octanol–water partition coefficient (Wildman–Crippen LogP) is 3.99. The number of halogens is 1. The van der Waals surface area contributed by atoms with E-state index in [1.54, 1.807) is 19.2 Å². The molecule has 1 aliphatic carbocycles. The average molecular weight is 236 g/mol. The standard InChI is InChI=1S/C15H21FO/c1-10(2)14-8-12(9-15(14)17-3)11-5-4-6-13(16)7-11/h4-7,10,12,14-15H,8-9H2,1-3H3/t12-,14-,15+/m0/s1. The third kappa shape index (κ3) is 2.68. The van der Waals surface area contributed by atoms with E-state index in [2.05, 4.69) is 13.8 Å². The number of benzene rings is 1. The molecule has 0 amide bonds. The van der Waals surface area contributed by atoms with Crippen LogP contribution in [0, 0.1) is 17.7 Å². The number of rotatable bonds is 3. The molecule has 1 aromatic carbocycles. The normalized spacial score (nSPS) is 28.9. The summed E-state index contributed by atoms with van der Waals surface area (Å²) in [5.74, 6) is 1.53. The summed E-state index contributed by atoms with van der Waals surface area (Å²) >= 11 is 0. The molecule has 0 N–H and O–H groups in total. The minimum Gasteiger partial charge on any atom is -0.381 e. The second kappa shape index (κ2) is 5.18. The summed E-state index contributed by atoms with van der Waals surface area (Å²) in [5, 5.41) is 0. The summed E-state index contributed by atoms with van der Waals surface area (Å²) < 4.78 is 18.8. The van der Waals surface area contributed by atoms with Gasteiger partial charge >= 0.3 is 0 Å². The van der Waals surface area contributed by atoms with Crippen LogP contribution in [0.3, 0.4) is 0 Å². The maximum absolute atomic E-state index is 13.2. The van der Waals surface area contributed by atoms with E-state index >= 15 is 0 Å². The second-order valence-electron chi connectivity index (χ2n) is 5.41. The maximum atomic E-state index is 13.2. The van der Waals surface area contributed by atoms with Gasteiger partial charge in [-0.3, -0.25) is 0 Å². The minimum absolute atomic E-state index is 0.135. The Morgan fingerprint density at radius 2 is 2.06 bits per heavy atom. The Kier molecular flexibility index (Phi) is 3.82. The van der Waals surface area contributed by atoms with Crippen LogP contribution in [-0.2, 0) is 4.74 Å². The molecule has 0 heterocycles. The van der Waals surface area contributed by atoms with Crippen LogP contribution >= 0.6 is 0 Å². The molecular weight excluding hydrogens is 215 g/mol. The zero-order valence-electron chi connectivity index (χ0n) is 10.8. The zero-order chi connectivity index (χ0) is 12.4. The molecule has 0 radical (unpaired) electrons. The fourth-order valence-electron chi connectivity index (χ4n) is 3.04. The maximum Gasteiger partial charge on any atom is 0.123 e. The lowest BCUT2D eigenvalue weighted by atomic mass is 9.90. The van der Waals surface area contributed by atoms with Gasteiger partial charge in [-0.2, -0.15) is 0 Å². The highest BCUT2D eigenvalue weighted by atomic mass is 19.1. The van der Waals surface area contributed by atoms with Crippen LogP contribution in [0.2, 0.25) is 0 Å². The van der Waals surface area contributed by atoms with Crippen molar-refractivity contribution < 1.29 is 9.13 Å². The van der Waals surface area contributed by atoms with Gasteiger partial charge in [-0.1, -0.05) is 26.0 Å². The summed E-state index contributed by atoms with van der Waals surface area (Å²) in [7, 11) is 1.79. The van der Waals surface area contributed by atoms with Crippen LogP contribution in [-0.4, -0.2) is 13.2 Å². The Morgan fingerprint density at radius 1 is 1.29 bits per heavy atom.